The molecule has 0 aliphatic carbocycles. The molecule has 0 amide bonds. The van der Waals surface area contributed by atoms with Crippen LogP contribution in [0.2, 0.25) is 0 Å². The molecule has 0 aromatic rings. The van der Waals surface area contributed by atoms with E-state index in [1.807, 2.05) is 6.92 Å². The molecule has 0 rings (SSSR count). The molecule has 0 fully saturated rings. The summed E-state index contributed by atoms with van der Waals surface area (Å²) >= 11 is 0. The number of ether oxygens (including phenoxy) is 1. The van der Waals surface area contributed by atoms with Gasteiger partial charge in [-0.25, -0.2) is 0 Å². The maximum Gasteiger partial charge on any atom is 0.316 e. The van der Waals surface area contributed by atoms with Gasteiger partial charge in [0.2, 0.25) is 0 Å². The molecule has 0 aliphatic heterocycles. The summed E-state index contributed by atoms with van der Waals surface area (Å²) in [4.78, 5) is 22.0. The number of unbranched alkanes of at least 4 members (excludes halogenated alkanes) is 1. The van der Waals surface area contributed by atoms with Crippen LogP contribution in [0.4, 0.5) is 0 Å². The van der Waals surface area contributed by atoms with Crippen LogP contribution < -0.4 is 0 Å². The Labute approximate surface area is 73.1 Å². The van der Waals surface area contributed by atoms with E-state index in [0.717, 1.165) is 12.8 Å². The van der Waals surface area contributed by atoms with Gasteiger partial charge in [-0.3, -0.25) is 9.59 Å². The highest BCUT2D eigenvalue weighted by Crippen LogP contribution is 2.11. The molecule has 0 saturated carbocycles. The quantitative estimate of drug-likeness (QED) is 0.467. The van der Waals surface area contributed by atoms with Crippen LogP contribution in [0.25, 0.3) is 0 Å². The first-order chi connectivity index (χ1) is 5.63. The number of ketones is 1. The number of carbonyl (C=O) groups excluding carboxylic acids is 2. The molecule has 70 valence electrons. The summed E-state index contributed by atoms with van der Waals surface area (Å²) in [7, 11) is 1.31. The molecule has 3 nitrogen and oxygen atoms in total. The molecule has 0 aliphatic rings. The van der Waals surface area contributed by atoms with Crippen molar-refractivity contribution in [1.82, 2.24) is 0 Å². The van der Waals surface area contributed by atoms with Crippen molar-refractivity contribution >= 4 is 11.8 Å². The third kappa shape index (κ3) is 3.51. The number of rotatable bonds is 5. The third-order valence-corrected chi connectivity index (χ3v) is 1.82. The van der Waals surface area contributed by atoms with Crippen LogP contribution in [-0.2, 0) is 14.3 Å². The lowest BCUT2D eigenvalue weighted by Gasteiger charge is -2.09. The average Bonchev–Trinajstić information content (AvgIpc) is 2.04. The number of Topliss-reactive ketones (excluding diaryl/α,β-unsaturated/α-hetero) is 1. The molecule has 1 unspecified atom stereocenters. The van der Waals surface area contributed by atoms with Gasteiger partial charge in [0.25, 0.3) is 0 Å². The lowest BCUT2D eigenvalue weighted by atomic mass is 9.99. The lowest BCUT2D eigenvalue weighted by molar-refractivity contribution is -0.149. The van der Waals surface area contributed by atoms with E-state index in [0.29, 0.717) is 6.42 Å². The highest BCUT2D eigenvalue weighted by atomic mass is 16.5. The Morgan fingerprint density at radius 2 is 2.00 bits per heavy atom. The first-order valence-corrected chi connectivity index (χ1v) is 4.21. The zero-order valence-electron chi connectivity index (χ0n) is 7.92. The Kier molecular flexibility index (Phi) is 5.34. The van der Waals surface area contributed by atoms with E-state index in [1.54, 1.807) is 0 Å². The Hall–Kier alpha value is -0.860. The normalized spacial score (nSPS) is 12.2. The summed E-state index contributed by atoms with van der Waals surface area (Å²) in [6, 6.07) is 0. The fourth-order valence-corrected chi connectivity index (χ4v) is 1.04. The number of hydrogen-bond donors (Lipinski definition) is 0. The van der Waals surface area contributed by atoms with E-state index in [1.165, 1.54) is 14.0 Å². The van der Waals surface area contributed by atoms with Gasteiger partial charge in [0.15, 0.2) is 0 Å². The van der Waals surface area contributed by atoms with Crippen LogP contribution >= 0.6 is 0 Å². The van der Waals surface area contributed by atoms with Gasteiger partial charge in [0.05, 0.1) is 7.11 Å². The zero-order chi connectivity index (χ0) is 9.56. The second kappa shape index (κ2) is 5.75. The van der Waals surface area contributed by atoms with Gasteiger partial charge in [-0.1, -0.05) is 19.8 Å². The summed E-state index contributed by atoms with van der Waals surface area (Å²) in [5, 5.41) is 0. The minimum Gasteiger partial charge on any atom is -0.468 e. The maximum atomic E-state index is 11.0. The van der Waals surface area contributed by atoms with Crippen LogP contribution in [0.3, 0.4) is 0 Å². The summed E-state index contributed by atoms with van der Waals surface area (Å²) in [5.74, 6) is -1.05. The molecule has 12 heavy (non-hydrogen) atoms. The van der Waals surface area contributed by atoms with Crippen molar-refractivity contribution in [3.8, 4) is 0 Å². The van der Waals surface area contributed by atoms with Gasteiger partial charge >= 0.3 is 5.97 Å². The lowest BCUT2D eigenvalue weighted by Crippen LogP contribution is -2.23. The molecule has 0 spiro atoms. The molecular formula is C9H16O3. The highest BCUT2D eigenvalue weighted by Gasteiger charge is 2.22. The van der Waals surface area contributed by atoms with E-state index in [-0.39, 0.29) is 5.78 Å². The van der Waals surface area contributed by atoms with Crippen molar-refractivity contribution in [3.63, 3.8) is 0 Å². The van der Waals surface area contributed by atoms with E-state index in [2.05, 4.69) is 4.74 Å². The monoisotopic (exact) mass is 172 g/mol. The van der Waals surface area contributed by atoms with E-state index in [4.69, 9.17) is 0 Å². The molecule has 0 saturated heterocycles. The predicted octanol–water partition coefficient (Wildman–Crippen LogP) is 1.55. The van der Waals surface area contributed by atoms with Gasteiger partial charge in [-0.2, -0.15) is 0 Å². The van der Waals surface area contributed by atoms with Gasteiger partial charge in [-0.05, 0) is 13.3 Å². The second-order valence-corrected chi connectivity index (χ2v) is 2.83. The summed E-state index contributed by atoms with van der Waals surface area (Å²) in [6.45, 7) is 3.45. The van der Waals surface area contributed by atoms with E-state index >= 15 is 0 Å². The van der Waals surface area contributed by atoms with Crippen molar-refractivity contribution in [2.45, 2.75) is 33.1 Å². The van der Waals surface area contributed by atoms with Gasteiger partial charge < -0.3 is 4.74 Å². The molecule has 0 N–H and O–H groups in total. The summed E-state index contributed by atoms with van der Waals surface area (Å²) in [5.41, 5.74) is 0. The van der Waals surface area contributed by atoms with Gasteiger partial charge in [-0.15, -0.1) is 0 Å². The van der Waals surface area contributed by atoms with Crippen LogP contribution in [-0.4, -0.2) is 18.9 Å². The summed E-state index contributed by atoms with van der Waals surface area (Å²) in [6.07, 6.45) is 2.48. The van der Waals surface area contributed by atoms with Gasteiger partial charge in [0.1, 0.15) is 11.7 Å². The van der Waals surface area contributed by atoms with Crippen molar-refractivity contribution in [2.75, 3.05) is 7.11 Å². The SMILES string of the molecule is CCCCC(C(C)=O)C(=O)OC. The van der Waals surface area contributed by atoms with Crippen molar-refractivity contribution < 1.29 is 14.3 Å². The van der Waals surface area contributed by atoms with Crippen molar-refractivity contribution in [1.29, 1.82) is 0 Å². The number of hydrogen-bond acceptors (Lipinski definition) is 3. The highest BCUT2D eigenvalue weighted by molar-refractivity contribution is 5.97. The Morgan fingerprint density at radius 3 is 2.33 bits per heavy atom. The Bertz CT molecular complexity index is 163. The maximum absolute atomic E-state index is 11.0. The zero-order valence-corrected chi connectivity index (χ0v) is 7.92. The smallest absolute Gasteiger partial charge is 0.316 e. The molecule has 0 aromatic heterocycles. The molecule has 0 aromatic carbocycles. The standard InChI is InChI=1S/C9H16O3/c1-4-5-6-8(7(2)10)9(11)12-3/h8H,4-6H2,1-3H3. The predicted molar refractivity (Wildman–Crippen MR) is 45.7 cm³/mol. The van der Waals surface area contributed by atoms with Crippen LogP contribution in [0, 0.1) is 5.92 Å². The van der Waals surface area contributed by atoms with Gasteiger partial charge in [0, 0.05) is 0 Å². The number of methoxy groups -OCH3 is 1. The van der Waals surface area contributed by atoms with Crippen LogP contribution in [0.5, 0.6) is 0 Å². The molecule has 0 radical (unpaired) electrons. The fraction of sp³-hybridized carbons (Fsp3) is 0.778. The Morgan fingerprint density at radius 1 is 1.42 bits per heavy atom. The van der Waals surface area contributed by atoms with Crippen molar-refractivity contribution in [3.05, 3.63) is 0 Å². The van der Waals surface area contributed by atoms with E-state index in [9.17, 15) is 9.59 Å². The van der Waals surface area contributed by atoms with E-state index < -0.39 is 11.9 Å². The Balaban J connectivity index is 4.04. The average molecular weight is 172 g/mol. The molecule has 1 atom stereocenters. The number of carbonyl (C=O) groups is 2. The first kappa shape index (κ1) is 11.1. The first-order valence-electron chi connectivity index (χ1n) is 4.21. The third-order valence-electron chi connectivity index (χ3n) is 1.82. The summed E-state index contributed by atoms with van der Waals surface area (Å²) < 4.78 is 4.51. The van der Waals surface area contributed by atoms with Crippen molar-refractivity contribution in [2.24, 2.45) is 5.92 Å². The van der Waals surface area contributed by atoms with Crippen LogP contribution in [0.1, 0.15) is 33.1 Å². The minimum atomic E-state index is -0.546. The minimum absolute atomic E-state index is 0.102. The second-order valence-electron chi connectivity index (χ2n) is 2.83. The topological polar surface area (TPSA) is 43.4 Å². The molecule has 0 heterocycles. The molecule has 0 bridgehead atoms. The molecular weight excluding hydrogens is 156 g/mol. The largest absolute Gasteiger partial charge is 0.468 e. The van der Waals surface area contributed by atoms with Crippen LogP contribution in [0.15, 0.2) is 0 Å². The molecule has 3 heteroatoms. The fourth-order valence-electron chi connectivity index (χ4n) is 1.04. The number of esters is 1.